The van der Waals surface area contributed by atoms with Crippen LogP contribution in [0.25, 0.3) is 0 Å². The molecule has 1 aromatic rings. The number of aliphatic hydroxyl groups is 1. The third kappa shape index (κ3) is 4.40. The van der Waals surface area contributed by atoms with Crippen molar-refractivity contribution in [2.45, 2.75) is 38.2 Å². The molecule has 0 aliphatic rings. The van der Waals surface area contributed by atoms with Crippen molar-refractivity contribution in [3.63, 3.8) is 0 Å². The smallest absolute Gasteiger partial charge is 0.240 e. The molecule has 0 amide bonds. The Balaban J connectivity index is 2.68. The molecule has 0 heterocycles. The molecule has 18 heavy (non-hydrogen) atoms. The average Bonchev–Trinajstić information content (AvgIpc) is 2.34. The van der Waals surface area contributed by atoms with Crippen LogP contribution in [-0.4, -0.2) is 20.1 Å². The summed E-state index contributed by atoms with van der Waals surface area (Å²) in [6.07, 6.45) is 1.81. The molecule has 0 aliphatic carbocycles. The van der Waals surface area contributed by atoms with Gasteiger partial charge in [0.15, 0.2) is 0 Å². The summed E-state index contributed by atoms with van der Waals surface area (Å²) in [6, 6.07) is 6.49. The van der Waals surface area contributed by atoms with E-state index >= 15 is 0 Å². The second-order valence-electron chi connectivity index (χ2n) is 4.70. The minimum Gasteiger partial charge on any atom is -0.392 e. The van der Waals surface area contributed by atoms with E-state index in [0.717, 1.165) is 12.8 Å². The summed E-state index contributed by atoms with van der Waals surface area (Å²) in [5.41, 5.74) is 0.425. The van der Waals surface area contributed by atoms with Gasteiger partial charge in [-0.15, -0.1) is 0 Å². The van der Waals surface area contributed by atoms with Gasteiger partial charge in [-0.05, 0) is 30.4 Å². The Labute approximate surface area is 109 Å². The molecule has 4 nitrogen and oxygen atoms in total. The lowest BCUT2D eigenvalue weighted by atomic mass is 10.1. The molecule has 5 heteroatoms. The first kappa shape index (κ1) is 15.1. The SMILES string of the molecule is CC(C)CCCNS(=O)(=O)c1ccccc1CO. The van der Waals surface area contributed by atoms with Crippen molar-refractivity contribution in [1.29, 1.82) is 0 Å². The van der Waals surface area contributed by atoms with Gasteiger partial charge in [0.25, 0.3) is 0 Å². The molecule has 1 rings (SSSR count). The molecule has 0 unspecified atom stereocenters. The molecule has 2 N–H and O–H groups in total. The van der Waals surface area contributed by atoms with Gasteiger partial charge in [0.05, 0.1) is 11.5 Å². The summed E-state index contributed by atoms with van der Waals surface area (Å²) >= 11 is 0. The summed E-state index contributed by atoms with van der Waals surface area (Å²) < 4.78 is 26.6. The van der Waals surface area contributed by atoms with Crippen LogP contribution in [0.5, 0.6) is 0 Å². The molecule has 0 radical (unpaired) electrons. The van der Waals surface area contributed by atoms with E-state index in [0.29, 0.717) is 18.0 Å². The van der Waals surface area contributed by atoms with Gasteiger partial charge in [0, 0.05) is 6.54 Å². The number of hydrogen-bond acceptors (Lipinski definition) is 3. The molecule has 0 bridgehead atoms. The van der Waals surface area contributed by atoms with Crippen molar-refractivity contribution >= 4 is 10.0 Å². The zero-order valence-electron chi connectivity index (χ0n) is 10.9. The van der Waals surface area contributed by atoms with Gasteiger partial charge in [0.1, 0.15) is 0 Å². The Morgan fingerprint density at radius 1 is 1.28 bits per heavy atom. The third-order valence-corrected chi connectivity index (χ3v) is 4.24. The molecule has 0 aliphatic heterocycles. The van der Waals surface area contributed by atoms with Gasteiger partial charge in [-0.2, -0.15) is 0 Å². The number of aliphatic hydroxyl groups excluding tert-OH is 1. The van der Waals surface area contributed by atoms with E-state index in [2.05, 4.69) is 18.6 Å². The molecule has 0 saturated carbocycles. The highest BCUT2D eigenvalue weighted by Gasteiger charge is 2.16. The quantitative estimate of drug-likeness (QED) is 0.744. The topological polar surface area (TPSA) is 66.4 Å². The van der Waals surface area contributed by atoms with Crippen LogP contribution in [-0.2, 0) is 16.6 Å². The second kappa shape index (κ2) is 6.87. The molecule has 1 aromatic carbocycles. The Kier molecular flexibility index (Phi) is 5.78. The largest absolute Gasteiger partial charge is 0.392 e. The van der Waals surface area contributed by atoms with Crippen LogP contribution < -0.4 is 4.72 Å². The van der Waals surface area contributed by atoms with Crippen LogP contribution >= 0.6 is 0 Å². The highest BCUT2D eigenvalue weighted by molar-refractivity contribution is 7.89. The van der Waals surface area contributed by atoms with Crippen molar-refractivity contribution in [3.8, 4) is 0 Å². The van der Waals surface area contributed by atoms with Gasteiger partial charge < -0.3 is 5.11 Å². The highest BCUT2D eigenvalue weighted by Crippen LogP contribution is 2.15. The molecule has 0 aromatic heterocycles. The summed E-state index contributed by atoms with van der Waals surface area (Å²) in [7, 11) is -3.51. The summed E-state index contributed by atoms with van der Waals surface area (Å²) in [5, 5.41) is 9.13. The van der Waals surface area contributed by atoms with Crippen molar-refractivity contribution in [2.24, 2.45) is 5.92 Å². The van der Waals surface area contributed by atoms with Gasteiger partial charge in [-0.3, -0.25) is 0 Å². The van der Waals surface area contributed by atoms with Gasteiger partial charge in [0.2, 0.25) is 10.0 Å². The molecule has 0 saturated heterocycles. The summed E-state index contributed by atoms with van der Waals surface area (Å²) in [4.78, 5) is 0.164. The van der Waals surface area contributed by atoms with E-state index < -0.39 is 10.0 Å². The number of benzene rings is 1. The summed E-state index contributed by atoms with van der Waals surface area (Å²) in [6.45, 7) is 4.37. The second-order valence-corrected chi connectivity index (χ2v) is 6.44. The number of nitrogens with one attached hydrogen (secondary N) is 1. The lowest BCUT2D eigenvalue weighted by molar-refractivity contribution is 0.278. The van der Waals surface area contributed by atoms with Crippen LogP contribution in [0, 0.1) is 5.92 Å². The minimum atomic E-state index is -3.51. The van der Waals surface area contributed by atoms with Gasteiger partial charge in [-0.1, -0.05) is 32.0 Å². The first-order valence-electron chi connectivity index (χ1n) is 6.16. The lowest BCUT2D eigenvalue weighted by Crippen LogP contribution is -2.26. The Morgan fingerprint density at radius 2 is 1.94 bits per heavy atom. The predicted molar refractivity (Wildman–Crippen MR) is 71.6 cm³/mol. The van der Waals surface area contributed by atoms with E-state index in [9.17, 15) is 8.42 Å². The average molecular weight is 271 g/mol. The van der Waals surface area contributed by atoms with Crippen molar-refractivity contribution in [1.82, 2.24) is 4.72 Å². The maximum Gasteiger partial charge on any atom is 0.240 e. The van der Waals surface area contributed by atoms with Gasteiger partial charge in [-0.25, -0.2) is 13.1 Å². The molecular formula is C13H21NO3S. The van der Waals surface area contributed by atoms with Gasteiger partial charge >= 0.3 is 0 Å². The van der Waals surface area contributed by atoms with Crippen molar-refractivity contribution in [3.05, 3.63) is 29.8 Å². The van der Waals surface area contributed by atoms with Crippen molar-refractivity contribution in [2.75, 3.05) is 6.54 Å². The maximum atomic E-state index is 12.0. The van der Waals surface area contributed by atoms with Crippen LogP contribution in [0.2, 0.25) is 0 Å². The molecule has 0 spiro atoms. The highest BCUT2D eigenvalue weighted by atomic mass is 32.2. The molecule has 0 fully saturated rings. The Bertz CT molecular complexity index is 469. The fraction of sp³-hybridized carbons (Fsp3) is 0.538. The van der Waals surface area contributed by atoms with Crippen molar-refractivity contribution < 1.29 is 13.5 Å². The fourth-order valence-electron chi connectivity index (χ4n) is 1.69. The zero-order valence-corrected chi connectivity index (χ0v) is 11.7. The fourth-order valence-corrected chi connectivity index (χ4v) is 3.00. The third-order valence-electron chi connectivity index (χ3n) is 2.68. The number of sulfonamides is 1. The lowest BCUT2D eigenvalue weighted by Gasteiger charge is -2.10. The standard InChI is InChI=1S/C13H21NO3S/c1-11(2)6-5-9-14-18(16,17)13-8-4-3-7-12(13)10-15/h3-4,7-8,11,14-15H,5-6,9-10H2,1-2H3. The van der Waals surface area contributed by atoms with E-state index in [4.69, 9.17) is 5.11 Å². The molecule has 0 atom stereocenters. The minimum absolute atomic E-state index is 0.164. The van der Waals surface area contributed by atoms with E-state index in [1.165, 1.54) is 6.07 Å². The van der Waals surface area contributed by atoms with Crippen LogP contribution in [0.15, 0.2) is 29.2 Å². The van der Waals surface area contributed by atoms with Crippen LogP contribution in [0.4, 0.5) is 0 Å². The number of hydrogen-bond donors (Lipinski definition) is 2. The first-order valence-corrected chi connectivity index (χ1v) is 7.64. The monoisotopic (exact) mass is 271 g/mol. The summed E-state index contributed by atoms with van der Waals surface area (Å²) in [5.74, 6) is 0.569. The predicted octanol–water partition coefficient (Wildman–Crippen LogP) is 1.89. The molecule has 102 valence electrons. The van der Waals surface area contributed by atoms with E-state index in [1.54, 1.807) is 18.2 Å². The normalized spacial score (nSPS) is 12.0. The Hall–Kier alpha value is -0.910. The molecular weight excluding hydrogens is 250 g/mol. The van der Waals surface area contributed by atoms with E-state index in [1.807, 2.05) is 0 Å². The van der Waals surface area contributed by atoms with E-state index in [-0.39, 0.29) is 11.5 Å². The van der Waals surface area contributed by atoms with Crippen LogP contribution in [0.3, 0.4) is 0 Å². The Morgan fingerprint density at radius 3 is 2.56 bits per heavy atom. The maximum absolute atomic E-state index is 12.0. The first-order chi connectivity index (χ1) is 8.47. The van der Waals surface area contributed by atoms with Crippen LogP contribution in [0.1, 0.15) is 32.3 Å². The number of rotatable bonds is 7. The zero-order chi connectivity index (χ0) is 13.6.